The summed E-state index contributed by atoms with van der Waals surface area (Å²) in [5.74, 6) is 0.646. The van der Waals surface area contributed by atoms with Gasteiger partial charge in [0.1, 0.15) is 5.75 Å². The zero-order chi connectivity index (χ0) is 15.1. The van der Waals surface area contributed by atoms with Crippen LogP contribution in [0.2, 0.25) is 0 Å². The highest BCUT2D eigenvalue weighted by Crippen LogP contribution is 2.43. The summed E-state index contributed by atoms with van der Waals surface area (Å²) >= 11 is 0. The van der Waals surface area contributed by atoms with Crippen molar-refractivity contribution in [3.05, 3.63) is 16.7 Å². The second kappa shape index (κ2) is 7.98. The second-order valence-electron chi connectivity index (χ2n) is 5.06. The smallest absolute Gasteiger partial charge is 0.167 e. The molecule has 114 valence electrons. The van der Waals surface area contributed by atoms with Crippen LogP contribution in [-0.4, -0.2) is 24.0 Å². The minimum Gasteiger partial charge on any atom is -0.507 e. The molecule has 0 heterocycles. The van der Waals surface area contributed by atoms with Gasteiger partial charge in [-0.2, -0.15) is 0 Å². The summed E-state index contributed by atoms with van der Waals surface area (Å²) in [6.07, 6.45) is 4.23. The molecule has 0 saturated heterocycles. The van der Waals surface area contributed by atoms with Crippen molar-refractivity contribution in [2.45, 2.75) is 52.4 Å². The molecule has 0 atom stereocenters. The predicted molar refractivity (Wildman–Crippen MR) is 78.6 cm³/mol. The zero-order valence-electron chi connectivity index (χ0n) is 12.6. The van der Waals surface area contributed by atoms with Crippen LogP contribution in [0.1, 0.15) is 49.3 Å². The number of methoxy groups -OCH3 is 1. The largest absolute Gasteiger partial charge is 0.507 e. The molecule has 0 aliphatic carbocycles. The number of phenolic OH excluding ortho intramolecular Hbond substituents is 2. The lowest BCUT2D eigenvalue weighted by molar-refractivity contribution is 0.357. The number of rotatable bonds is 8. The molecule has 0 saturated carbocycles. The van der Waals surface area contributed by atoms with E-state index in [2.05, 4.69) is 6.92 Å². The van der Waals surface area contributed by atoms with Crippen LogP contribution >= 0.6 is 0 Å². The molecule has 4 heteroatoms. The number of phenols is 2. The third-order valence-corrected chi connectivity index (χ3v) is 3.66. The van der Waals surface area contributed by atoms with Crippen LogP contribution in [0, 0.1) is 6.92 Å². The Morgan fingerprint density at radius 3 is 2.20 bits per heavy atom. The first-order chi connectivity index (χ1) is 9.58. The zero-order valence-corrected chi connectivity index (χ0v) is 12.6. The Hall–Kier alpha value is -1.45. The van der Waals surface area contributed by atoms with Crippen LogP contribution in [-0.2, 0) is 12.8 Å². The van der Waals surface area contributed by atoms with Gasteiger partial charge in [-0.3, -0.25) is 4.39 Å². The number of aromatic hydroxyl groups is 2. The first-order valence-corrected chi connectivity index (χ1v) is 7.24. The molecule has 0 aliphatic rings. The average molecular weight is 284 g/mol. The fourth-order valence-electron chi connectivity index (χ4n) is 2.44. The molecule has 0 unspecified atom stereocenters. The molecular weight excluding hydrogens is 259 g/mol. The van der Waals surface area contributed by atoms with Gasteiger partial charge in [-0.05, 0) is 44.6 Å². The predicted octanol–water partition coefficient (Wildman–Crippen LogP) is 4.05. The van der Waals surface area contributed by atoms with Crippen molar-refractivity contribution in [1.29, 1.82) is 0 Å². The van der Waals surface area contributed by atoms with Crippen LogP contribution in [0.15, 0.2) is 0 Å². The lowest BCUT2D eigenvalue weighted by Crippen LogP contribution is -2.01. The van der Waals surface area contributed by atoms with E-state index in [1.165, 1.54) is 7.11 Å². The summed E-state index contributed by atoms with van der Waals surface area (Å²) in [6, 6.07) is 0. The van der Waals surface area contributed by atoms with Crippen molar-refractivity contribution >= 4 is 0 Å². The van der Waals surface area contributed by atoms with Gasteiger partial charge < -0.3 is 14.9 Å². The number of hydrogen-bond donors (Lipinski definition) is 2. The van der Waals surface area contributed by atoms with E-state index in [1.807, 2.05) is 0 Å². The number of halogens is 1. The molecule has 0 bridgehead atoms. The Morgan fingerprint density at radius 1 is 1.00 bits per heavy atom. The average Bonchev–Trinajstić information content (AvgIpc) is 2.45. The molecule has 1 aromatic rings. The molecule has 0 aliphatic heterocycles. The summed E-state index contributed by atoms with van der Waals surface area (Å²) in [6.45, 7) is 3.49. The van der Waals surface area contributed by atoms with E-state index >= 15 is 0 Å². The normalized spacial score (nSPS) is 10.8. The Morgan fingerprint density at radius 2 is 1.65 bits per heavy atom. The fourth-order valence-corrected chi connectivity index (χ4v) is 2.44. The Bertz CT molecular complexity index is 444. The van der Waals surface area contributed by atoms with Gasteiger partial charge >= 0.3 is 0 Å². The van der Waals surface area contributed by atoms with E-state index in [0.29, 0.717) is 48.1 Å². The van der Waals surface area contributed by atoms with Crippen molar-refractivity contribution in [3.63, 3.8) is 0 Å². The van der Waals surface area contributed by atoms with E-state index < -0.39 is 0 Å². The first-order valence-electron chi connectivity index (χ1n) is 7.24. The highest BCUT2D eigenvalue weighted by Gasteiger charge is 2.21. The highest BCUT2D eigenvalue weighted by molar-refractivity contribution is 5.61. The minimum absolute atomic E-state index is 0.0905. The molecule has 0 spiro atoms. The summed E-state index contributed by atoms with van der Waals surface area (Å²) in [7, 11) is 1.49. The van der Waals surface area contributed by atoms with Crippen LogP contribution in [0.5, 0.6) is 17.2 Å². The van der Waals surface area contributed by atoms with Crippen LogP contribution in [0.25, 0.3) is 0 Å². The van der Waals surface area contributed by atoms with Gasteiger partial charge in [0.25, 0.3) is 0 Å². The summed E-state index contributed by atoms with van der Waals surface area (Å²) in [4.78, 5) is 0. The van der Waals surface area contributed by atoms with Crippen molar-refractivity contribution in [1.82, 2.24) is 0 Å². The molecule has 0 amide bonds. The lowest BCUT2D eigenvalue weighted by atomic mass is 9.94. The van der Waals surface area contributed by atoms with E-state index in [1.54, 1.807) is 6.92 Å². The van der Waals surface area contributed by atoms with Crippen molar-refractivity contribution in [3.8, 4) is 17.2 Å². The molecule has 3 nitrogen and oxygen atoms in total. The maximum atomic E-state index is 12.2. The van der Waals surface area contributed by atoms with Crippen LogP contribution in [0.4, 0.5) is 4.39 Å². The molecule has 2 N–H and O–H groups in total. The van der Waals surface area contributed by atoms with Gasteiger partial charge in [-0.15, -0.1) is 0 Å². The molecular formula is C16H25FO3. The summed E-state index contributed by atoms with van der Waals surface area (Å²) < 4.78 is 17.5. The molecule has 0 radical (unpaired) electrons. The standard InChI is InChI=1S/C16H25FO3/c1-4-5-8-13-14(18)11(2)12(9-6-7-10-17)15(19)16(13)20-3/h18-19H,4-10H2,1-3H3. The monoisotopic (exact) mass is 284 g/mol. The number of unbranched alkanes of at least 4 members (excludes halogenated alkanes) is 2. The third kappa shape index (κ3) is 3.56. The van der Waals surface area contributed by atoms with Gasteiger partial charge in [0.05, 0.1) is 13.8 Å². The van der Waals surface area contributed by atoms with Crippen molar-refractivity contribution < 1.29 is 19.3 Å². The number of benzene rings is 1. The SMILES string of the molecule is CCCCc1c(O)c(C)c(CCCCF)c(O)c1OC. The quantitative estimate of drug-likeness (QED) is 0.559. The number of hydrogen-bond acceptors (Lipinski definition) is 3. The Labute approximate surface area is 120 Å². The molecule has 0 fully saturated rings. The fraction of sp³-hybridized carbons (Fsp3) is 0.625. The second-order valence-corrected chi connectivity index (χ2v) is 5.06. The van der Waals surface area contributed by atoms with Crippen LogP contribution in [0.3, 0.4) is 0 Å². The molecule has 1 rings (SSSR count). The first kappa shape index (κ1) is 16.6. The van der Waals surface area contributed by atoms with Crippen LogP contribution < -0.4 is 4.74 Å². The summed E-state index contributed by atoms with van der Waals surface area (Å²) in [5.41, 5.74) is 2.00. The maximum Gasteiger partial charge on any atom is 0.167 e. The lowest BCUT2D eigenvalue weighted by Gasteiger charge is -2.18. The van der Waals surface area contributed by atoms with Gasteiger partial charge in [0.15, 0.2) is 11.5 Å². The van der Waals surface area contributed by atoms with E-state index in [4.69, 9.17) is 4.74 Å². The number of alkyl halides is 1. The topological polar surface area (TPSA) is 49.7 Å². The molecule has 1 aromatic carbocycles. The number of ether oxygens (including phenoxy) is 1. The maximum absolute atomic E-state index is 12.2. The van der Waals surface area contributed by atoms with E-state index in [9.17, 15) is 14.6 Å². The minimum atomic E-state index is -0.364. The van der Waals surface area contributed by atoms with E-state index in [0.717, 1.165) is 12.8 Å². The van der Waals surface area contributed by atoms with Gasteiger partial charge in [-0.1, -0.05) is 13.3 Å². The summed E-state index contributed by atoms with van der Waals surface area (Å²) in [5, 5.41) is 20.7. The molecule has 20 heavy (non-hydrogen) atoms. The third-order valence-electron chi connectivity index (χ3n) is 3.66. The van der Waals surface area contributed by atoms with Crippen molar-refractivity contribution in [2.24, 2.45) is 0 Å². The Balaban J connectivity index is 3.17. The van der Waals surface area contributed by atoms with Gasteiger partial charge in [0.2, 0.25) is 0 Å². The van der Waals surface area contributed by atoms with Gasteiger partial charge in [-0.25, -0.2) is 0 Å². The van der Waals surface area contributed by atoms with E-state index in [-0.39, 0.29) is 18.2 Å². The Kier molecular flexibility index (Phi) is 6.62. The highest BCUT2D eigenvalue weighted by atomic mass is 19.1. The molecule has 0 aromatic heterocycles. The van der Waals surface area contributed by atoms with Gasteiger partial charge in [0, 0.05) is 11.1 Å². The van der Waals surface area contributed by atoms with Crippen molar-refractivity contribution in [2.75, 3.05) is 13.8 Å².